The lowest BCUT2D eigenvalue weighted by atomic mass is 9.98. The van der Waals surface area contributed by atoms with Gasteiger partial charge in [0.15, 0.2) is 0 Å². The van der Waals surface area contributed by atoms with Crippen LogP contribution in [0.5, 0.6) is 5.75 Å². The van der Waals surface area contributed by atoms with Gasteiger partial charge in [-0.15, -0.1) is 0 Å². The Balaban J connectivity index is 0.931. The maximum Gasteiger partial charge on any atom is 0.137 e. The molecule has 0 spiro atoms. The average Bonchev–Trinajstić information content (AvgIpc) is 3.03. The van der Waals surface area contributed by atoms with E-state index in [0.29, 0.717) is 5.92 Å². The fraction of sp³-hybridized carbons (Fsp3) is 0.324. The Kier molecular flexibility index (Phi) is 8.82. The summed E-state index contributed by atoms with van der Waals surface area (Å²) in [6, 6.07) is 25.2. The summed E-state index contributed by atoms with van der Waals surface area (Å²) in [5.41, 5.74) is 3.45. The molecule has 1 aliphatic heterocycles. The molecule has 7 nitrogen and oxygen atoms in total. The molecule has 1 fully saturated rings. The van der Waals surface area contributed by atoms with Gasteiger partial charge in [0.25, 0.3) is 0 Å². The Morgan fingerprint density at radius 1 is 0.854 bits per heavy atom. The van der Waals surface area contributed by atoms with Gasteiger partial charge in [-0.25, -0.2) is 9.97 Å². The van der Waals surface area contributed by atoms with Crippen molar-refractivity contribution < 1.29 is 4.74 Å². The minimum atomic E-state index is 0.577. The van der Waals surface area contributed by atoms with Crippen LogP contribution in [-0.2, 0) is 6.42 Å². The number of anilines is 2. The number of fused-ring (bicyclic) bond motifs is 2. The lowest BCUT2D eigenvalue weighted by molar-refractivity contribution is 0.145. The van der Waals surface area contributed by atoms with Crippen molar-refractivity contribution in [2.75, 3.05) is 50.0 Å². The predicted molar refractivity (Wildman–Crippen MR) is 168 cm³/mol. The lowest BCUT2D eigenvalue weighted by Crippen LogP contribution is -2.38. The van der Waals surface area contributed by atoms with Crippen molar-refractivity contribution in [3.05, 3.63) is 97.1 Å². The first-order valence-electron chi connectivity index (χ1n) is 14.8. The fourth-order valence-electron chi connectivity index (χ4n) is 5.63. The molecule has 41 heavy (non-hydrogen) atoms. The monoisotopic (exact) mass is 546 g/mol. The van der Waals surface area contributed by atoms with E-state index in [-0.39, 0.29) is 0 Å². The number of aromatic nitrogens is 3. The van der Waals surface area contributed by atoms with Crippen LogP contribution in [0.3, 0.4) is 0 Å². The molecule has 2 N–H and O–H groups in total. The van der Waals surface area contributed by atoms with Crippen LogP contribution in [0.2, 0.25) is 0 Å². The van der Waals surface area contributed by atoms with E-state index in [2.05, 4.69) is 91.1 Å². The summed E-state index contributed by atoms with van der Waals surface area (Å²) < 4.78 is 6.24. The SMILES string of the molecule is c1ccc(CCCNc2ncnc3cc(OCC4CCN(CCNc5cccc6cnccc56)CC4)ccc23)cc1. The molecule has 6 rings (SSSR count). The highest BCUT2D eigenvalue weighted by molar-refractivity contribution is 5.93. The zero-order valence-electron chi connectivity index (χ0n) is 23.5. The summed E-state index contributed by atoms with van der Waals surface area (Å²) in [5.74, 6) is 2.34. The zero-order valence-corrected chi connectivity index (χ0v) is 23.5. The van der Waals surface area contributed by atoms with Crippen molar-refractivity contribution in [1.29, 1.82) is 0 Å². The molecule has 0 saturated carbocycles. The van der Waals surface area contributed by atoms with Crippen molar-refractivity contribution in [3.63, 3.8) is 0 Å². The van der Waals surface area contributed by atoms with Crippen molar-refractivity contribution in [2.45, 2.75) is 25.7 Å². The molecule has 5 aromatic rings. The lowest BCUT2D eigenvalue weighted by Gasteiger charge is -2.32. The topological polar surface area (TPSA) is 75.2 Å². The van der Waals surface area contributed by atoms with E-state index in [1.54, 1.807) is 6.33 Å². The van der Waals surface area contributed by atoms with E-state index in [1.165, 1.54) is 22.0 Å². The van der Waals surface area contributed by atoms with Gasteiger partial charge >= 0.3 is 0 Å². The second-order valence-electron chi connectivity index (χ2n) is 10.8. The number of hydrogen-bond donors (Lipinski definition) is 2. The Bertz CT molecular complexity index is 1550. The maximum atomic E-state index is 6.24. The standard InChI is InChI=1S/C34H38N6O/c1-2-6-26(7-3-1)8-5-16-37-34-31-12-11-29(22-33(31)38-25-39-34)41-24-27-14-19-40(20-15-27)21-18-36-32-10-4-9-28-23-35-17-13-30(28)32/h1-4,6-7,9-13,17,22-23,25,27,36H,5,8,14-16,18-21,24H2,(H,37,38,39). The molecular formula is C34H38N6O. The molecule has 3 aromatic carbocycles. The molecule has 0 bridgehead atoms. The van der Waals surface area contributed by atoms with Crippen LogP contribution in [0.4, 0.5) is 11.5 Å². The number of likely N-dealkylation sites (tertiary alicyclic amines) is 1. The van der Waals surface area contributed by atoms with Crippen molar-refractivity contribution in [2.24, 2.45) is 5.92 Å². The summed E-state index contributed by atoms with van der Waals surface area (Å²) in [4.78, 5) is 15.8. The van der Waals surface area contributed by atoms with E-state index < -0.39 is 0 Å². The van der Waals surface area contributed by atoms with Gasteiger partial charge in [0.1, 0.15) is 17.9 Å². The number of hydrogen-bond acceptors (Lipinski definition) is 7. The molecule has 3 heterocycles. The summed E-state index contributed by atoms with van der Waals surface area (Å²) in [6.07, 6.45) is 9.83. The van der Waals surface area contributed by atoms with Gasteiger partial charge < -0.3 is 20.3 Å². The van der Waals surface area contributed by atoms with Crippen LogP contribution >= 0.6 is 0 Å². The van der Waals surface area contributed by atoms with Crippen LogP contribution in [0, 0.1) is 5.92 Å². The summed E-state index contributed by atoms with van der Waals surface area (Å²) in [5, 5.41) is 10.5. The molecule has 0 unspecified atom stereocenters. The summed E-state index contributed by atoms with van der Waals surface area (Å²) in [7, 11) is 0. The van der Waals surface area contributed by atoms with Crippen LogP contribution in [0.25, 0.3) is 21.7 Å². The van der Waals surface area contributed by atoms with Gasteiger partial charge in [0.2, 0.25) is 0 Å². The molecular weight excluding hydrogens is 508 g/mol. The Morgan fingerprint density at radius 3 is 2.66 bits per heavy atom. The molecule has 210 valence electrons. The van der Waals surface area contributed by atoms with Crippen molar-refractivity contribution >= 4 is 33.2 Å². The second-order valence-corrected chi connectivity index (χ2v) is 10.8. The minimum Gasteiger partial charge on any atom is -0.493 e. The molecule has 7 heteroatoms. The van der Waals surface area contributed by atoms with Gasteiger partial charge in [-0.3, -0.25) is 4.98 Å². The largest absolute Gasteiger partial charge is 0.493 e. The molecule has 1 saturated heterocycles. The fourth-order valence-corrected chi connectivity index (χ4v) is 5.63. The van der Waals surface area contributed by atoms with Gasteiger partial charge in [0.05, 0.1) is 12.1 Å². The number of rotatable bonds is 12. The average molecular weight is 547 g/mol. The van der Waals surface area contributed by atoms with Crippen molar-refractivity contribution in [3.8, 4) is 5.75 Å². The molecule has 1 aliphatic rings. The van der Waals surface area contributed by atoms with Crippen LogP contribution in [0.15, 0.2) is 91.5 Å². The first-order chi connectivity index (χ1) is 20.3. The predicted octanol–water partition coefficient (Wildman–Crippen LogP) is 6.43. The highest BCUT2D eigenvalue weighted by atomic mass is 16.5. The van der Waals surface area contributed by atoms with E-state index in [4.69, 9.17) is 4.74 Å². The summed E-state index contributed by atoms with van der Waals surface area (Å²) >= 11 is 0. The number of piperidine rings is 1. The molecule has 0 atom stereocenters. The first-order valence-corrected chi connectivity index (χ1v) is 14.8. The first kappa shape index (κ1) is 27.0. The highest BCUT2D eigenvalue weighted by Gasteiger charge is 2.19. The Morgan fingerprint density at radius 2 is 1.76 bits per heavy atom. The van der Waals surface area contributed by atoms with E-state index in [0.717, 1.165) is 87.5 Å². The maximum absolute atomic E-state index is 6.24. The Labute approximate surface area is 242 Å². The smallest absolute Gasteiger partial charge is 0.137 e. The van der Waals surface area contributed by atoms with E-state index >= 15 is 0 Å². The molecule has 0 amide bonds. The number of aryl methyl sites for hydroxylation is 1. The number of benzene rings is 3. The normalized spacial score (nSPS) is 14.3. The van der Waals surface area contributed by atoms with Gasteiger partial charge in [-0.2, -0.15) is 0 Å². The number of nitrogens with one attached hydrogen (secondary N) is 2. The number of pyridine rings is 1. The third kappa shape index (κ3) is 7.11. The highest BCUT2D eigenvalue weighted by Crippen LogP contribution is 2.26. The third-order valence-corrected chi connectivity index (χ3v) is 8.00. The number of ether oxygens (including phenoxy) is 1. The van der Waals surface area contributed by atoms with Gasteiger partial charge in [-0.05, 0) is 74.5 Å². The molecule has 2 aromatic heterocycles. The van der Waals surface area contributed by atoms with Crippen LogP contribution < -0.4 is 15.4 Å². The summed E-state index contributed by atoms with van der Waals surface area (Å²) in [6.45, 7) is 5.82. The van der Waals surface area contributed by atoms with Crippen LogP contribution in [0.1, 0.15) is 24.8 Å². The molecule has 0 aliphatic carbocycles. The van der Waals surface area contributed by atoms with Crippen LogP contribution in [-0.4, -0.2) is 59.2 Å². The Hall–Kier alpha value is -4.23. The molecule has 0 radical (unpaired) electrons. The quantitative estimate of drug-likeness (QED) is 0.175. The van der Waals surface area contributed by atoms with Crippen molar-refractivity contribution in [1.82, 2.24) is 19.9 Å². The zero-order chi connectivity index (χ0) is 27.7. The second kappa shape index (κ2) is 13.4. The number of nitrogens with zero attached hydrogens (tertiary/aromatic N) is 4. The third-order valence-electron chi connectivity index (χ3n) is 8.00. The minimum absolute atomic E-state index is 0.577. The van der Waals surface area contributed by atoms with Gasteiger partial charge in [-0.1, -0.05) is 42.5 Å². The van der Waals surface area contributed by atoms with Gasteiger partial charge in [0, 0.05) is 59.9 Å². The van der Waals surface area contributed by atoms with E-state index in [9.17, 15) is 0 Å². The van der Waals surface area contributed by atoms with E-state index in [1.807, 2.05) is 24.5 Å².